The second-order valence-corrected chi connectivity index (χ2v) is 6.40. The van der Waals surface area contributed by atoms with E-state index in [0.29, 0.717) is 22.4 Å². The summed E-state index contributed by atoms with van der Waals surface area (Å²) in [6.45, 7) is 1.95. The van der Waals surface area contributed by atoms with Crippen molar-refractivity contribution in [2.45, 2.75) is 13.5 Å². The zero-order valence-electron chi connectivity index (χ0n) is 15.6. The zero-order valence-corrected chi connectivity index (χ0v) is 15.6. The summed E-state index contributed by atoms with van der Waals surface area (Å²) in [7, 11) is 0. The summed E-state index contributed by atoms with van der Waals surface area (Å²) in [5.41, 5.74) is 3.12. The Kier molecular flexibility index (Phi) is 5.99. The molecule has 0 unspecified atom stereocenters. The summed E-state index contributed by atoms with van der Waals surface area (Å²) in [4.78, 5) is 34.5. The Bertz CT molecular complexity index is 1030. The molecule has 146 valence electrons. The van der Waals surface area contributed by atoms with E-state index in [1.54, 1.807) is 36.4 Å². The number of nitro benzene ring substituents is 1. The zero-order chi connectivity index (χ0) is 20.8. The number of benzene rings is 3. The highest BCUT2D eigenvalue weighted by Gasteiger charge is 2.10. The summed E-state index contributed by atoms with van der Waals surface area (Å²) < 4.78 is 5.22. The molecule has 0 spiro atoms. The number of nitrogens with one attached hydrogen (secondary N) is 1. The van der Waals surface area contributed by atoms with Crippen LogP contribution in [0, 0.1) is 17.0 Å². The van der Waals surface area contributed by atoms with Gasteiger partial charge < -0.3 is 10.1 Å². The van der Waals surface area contributed by atoms with Crippen LogP contribution in [0.1, 0.15) is 31.8 Å². The quantitative estimate of drug-likeness (QED) is 0.379. The number of ether oxygens (including phenoxy) is 1. The third-order valence-corrected chi connectivity index (χ3v) is 4.21. The molecule has 0 radical (unpaired) electrons. The molecule has 0 aliphatic carbocycles. The largest absolute Gasteiger partial charge is 0.457 e. The Labute approximate surface area is 167 Å². The molecule has 0 aliphatic heterocycles. The number of aryl methyl sites for hydroxylation is 1. The standard InChI is InChI=1S/C22H18N2O5/c1-15-2-6-17(7-3-15)21(25)23-19-10-8-18(9-11-19)22(26)29-14-16-4-12-20(13-5-16)24(27)28/h2-13H,14H2,1H3,(H,23,25). The summed E-state index contributed by atoms with van der Waals surface area (Å²) >= 11 is 0. The first-order valence-electron chi connectivity index (χ1n) is 8.81. The van der Waals surface area contributed by atoms with Crippen molar-refractivity contribution >= 4 is 23.3 Å². The molecular weight excluding hydrogens is 372 g/mol. The SMILES string of the molecule is Cc1ccc(C(=O)Nc2ccc(C(=O)OCc3ccc([N+](=O)[O-])cc3)cc2)cc1. The lowest BCUT2D eigenvalue weighted by Gasteiger charge is -2.08. The highest BCUT2D eigenvalue weighted by Crippen LogP contribution is 2.15. The van der Waals surface area contributed by atoms with Gasteiger partial charge in [0, 0.05) is 23.4 Å². The average molecular weight is 390 g/mol. The van der Waals surface area contributed by atoms with Crippen molar-refractivity contribution in [1.82, 2.24) is 0 Å². The van der Waals surface area contributed by atoms with Gasteiger partial charge in [-0.15, -0.1) is 0 Å². The van der Waals surface area contributed by atoms with Crippen LogP contribution in [-0.4, -0.2) is 16.8 Å². The van der Waals surface area contributed by atoms with Crippen molar-refractivity contribution in [3.63, 3.8) is 0 Å². The number of nitrogens with zero attached hydrogens (tertiary/aromatic N) is 1. The lowest BCUT2D eigenvalue weighted by molar-refractivity contribution is -0.384. The number of carbonyl (C=O) groups excluding carboxylic acids is 2. The van der Waals surface area contributed by atoms with Crippen molar-refractivity contribution in [1.29, 1.82) is 0 Å². The normalized spacial score (nSPS) is 10.2. The molecule has 1 amide bonds. The molecule has 0 saturated heterocycles. The third kappa shape index (κ3) is 5.26. The minimum atomic E-state index is -0.528. The first-order valence-corrected chi connectivity index (χ1v) is 8.81. The van der Waals surface area contributed by atoms with Crippen molar-refractivity contribution in [2.75, 3.05) is 5.32 Å². The number of carbonyl (C=O) groups is 2. The van der Waals surface area contributed by atoms with E-state index in [-0.39, 0.29) is 18.2 Å². The van der Waals surface area contributed by atoms with Gasteiger partial charge in [0.15, 0.2) is 0 Å². The predicted octanol–water partition coefficient (Wildman–Crippen LogP) is 4.51. The number of rotatable bonds is 6. The van der Waals surface area contributed by atoms with Gasteiger partial charge in [0.2, 0.25) is 0 Å². The molecule has 0 bridgehead atoms. The molecule has 0 atom stereocenters. The van der Waals surface area contributed by atoms with Crippen molar-refractivity contribution in [2.24, 2.45) is 0 Å². The van der Waals surface area contributed by atoms with Gasteiger partial charge in [0.25, 0.3) is 11.6 Å². The van der Waals surface area contributed by atoms with Gasteiger partial charge in [-0.05, 0) is 61.0 Å². The Hall–Kier alpha value is -4.00. The van der Waals surface area contributed by atoms with Crippen LogP contribution in [0.4, 0.5) is 11.4 Å². The molecule has 1 N–H and O–H groups in total. The Morgan fingerprint density at radius 3 is 2.07 bits per heavy atom. The third-order valence-electron chi connectivity index (χ3n) is 4.21. The van der Waals surface area contributed by atoms with Crippen molar-refractivity contribution < 1.29 is 19.2 Å². The minimum Gasteiger partial charge on any atom is -0.457 e. The van der Waals surface area contributed by atoms with Gasteiger partial charge in [-0.25, -0.2) is 4.79 Å². The van der Waals surface area contributed by atoms with Gasteiger partial charge in [-0.1, -0.05) is 17.7 Å². The van der Waals surface area contributed by atoms with Crippen LogP contribution in [0.5, 0.6) is 0 Å². The summed E-state index contributed by atoms with van der Waals surface area (Å²) in [6, 6.07) is 19.4. The van der Waals surface area contributed by atoms with E-state index in [2.05, 4.69) is 5.32 Å². The molecule has 0 saturated carbocycles. The second kappa shape index (κ2) is 8.79. The lowest BCUT2D eigenvalue weighted by Crippen LogP contribution is -2.12. The van der Waals surface area contributed by atoms with Gasteiger partial charge in [-0.3, -0.25) is 14.9 Å². The van der Waals surface area contributed by atoms with E-state index in [0.717, 1.165) is 5.56 Å². The topological polar surface area (TPSA) is 98.5 Å². The minimum absolute atomic E-state index is 0.00272. The molecule has 7 nitrogen and oxygen atoms in total. The van der Waals surface area contributed by atoms with E-state index in [9.17, 15) is 19.7 Å². The fourth-order valence-corrected chi connectivity index (χ4v) is 2.54. The van der Waals surface area contributed by atoms with Crippen LogP contribution < -0.4 is 5.32 Å². The molecule has 0 heterocycles. The molecular formula is C22H18N2O5. The Balaban J connectivity index is 1.56. The molecule has 3 rings (SSSR count). The molecule has 7 heteroatoms. The molecule has 3 aromatic carbocycles. The van der Waals surface area contributed by atoms with E-state index in [1.165, 1.54) is 24.3 Å². The highest BCUT2D eigenvalue weighted by molar-refractivity contribution is 6.04. The second-order valence-electron chi connectivity index (χ2n) is 6.40. The Morgan fingerprint density at radius 1 is 0.897 bits per heavy atom. The summed E-state index contributed by atoms with van der Waals surface area (Å²) in [5.74, 6) is -0.765. The van der Waals surface area contributed by atoms with Gasteiger partial charge in [-0.2, -0.15) is 0 Å². The van der Waals surface area contributed by atoms with Crippen molar-refractivity contribution in [3.05, 3.63) is 105 Å². The van der Waals surface area contributed by atoms with Crippen LogP contribution in [-0.2, 0) is 11.3 Å². The van der Waals surface area contributed by atoms with E-state index < -0.39 is 10.9 Å². The molecule has 0 aromatic heterocycles. The first-order chi connectivity index (χ1) is 13.9. The Morgan fingerprint density at radius 2 is 1.48 bits per heavy atom. The van der Waals surface area contributed by atoms with E-state index in [1.807, 2.05) is 19.1 Å². The van der Waals surface area contributed by atoms with Crippen LogP contribution in [0.2, 0.25) is 0 Å². The number of hydrogen-bond acceptors (Lipinski definition) is 5. The fourth-order valence-electron chi connectivity index (χ4n) is 2.54. The predicted molar refractivity (Wildman–Crippen MR) is 108 cm³/mol. The van der Waals surface area contributed by atoms with E-state index in [4.69, 9.17) is 4.74 Å². The molecule has 0 aliphatic rings. The number of anilines is 1. The smallest absolute Gasteiger partial charge is 0.338 e. The number of nitro groups is 1. The number of esters is 1. The molecule has 29 heavy (non-hydrogen) atoms. The van der Waals surface area contributed by atoms with Crippen LogP contribution >= 0.6 is 0 Å². The average Bonchev–Trinajstić information content (AvgIpc) is 2.73. The van der Waals surface area contributed by atoms with Crippen LogP contribution in [0.25, 0.3) is 0 Å². The van der Waals surface area contributed by atoms with Gasteiger partial charge >= 0.3 is 5.97 Å². The van der Waals surface area contributed by atoms with Gasteiger partial charge in [0.1, 0.15) is 6.61 Å². The lowest BCUT2D eigenvalue weighted by atomic mass is 10.1. The number of non-ortho nitro benzene ring substituents is 1. The summed E-state index contributed by atoms with van der Waals surface area (Å²) in [6.07, 6.45) is 0. The van der Waals surface area contributed by atoms with E-state index >= 15 is 0 Å². The monoisotopic (exact) mass is 390 g/mol. The maximum Gasteiger partial charge on any atom is 0.338 e. The summed E-state index contributed by atoms with van der Waals surface area (Å²) in [5, 5.41) is 13.4. The molecule has 0 fully saturated rings. The van der Waals surface area contributed by atoms with Crippen LogP contribution in [0.15, 0.2) is 72.8 Å². The molecule has 3 aromatic rings. The first kappa shape index (κ1) is 19.8. The maximum atomic E-state index is 12.2. The van der Waals surface area contributed by atoms with Crippen LogP contribution in [0.3, 0.4) is 0 Å². The number of hydrogen-bond donors (Lipinski definition) is 1. The number of amides is 1. The highest BCUT2D eigenvalue weighted by atomic mass is 16.6. The fraction of sp³-hybridized carbons (Fsp3) is 0.0909. The maximum absolute atomic E-state index is 12.2. The van der Waals surface area contributed by atoms with Gasteiger partial charge in [0.05, 0.1) is 10.5 Å². The van der Waals surface area contributed by atoms with Crippen molar-refractivity contribution in [3.8, 4) is 0 Å².